The number of rotatable bonds is 4. The number of fused-ring (bicyclic) bond motifs is 2. The highest BCUT2D eigenvalue weighted by Gasteiger charge is 2.39. The summed E-state index contributed by atoms with van der Waals surface area (Å²) >= 11 is 0. The molecule has 5 heteroatoms. The molecule has 0 radical (unpaired) electrons. The van der Waals surface area contributed by atoms with E-state index in [2.05, 4.69) is 10.6 Å². The molecule has 1 amide bonds. The quantitative estimate of drug-likeness (QED) is 0.756. The summed E-state index contributed by atoms with van der Waals surface area (Å²) in [6.07, 6.45) is 3.41. The second-order valence-electron chi connectivity index (χ2n) is 6.53. The first-order chi connectivity index (χ1) is 11.7. The molecule has 2 aliphatic rings. The number of para-hydroxylation sites is 2. The lowest BCUT2D eigenvalue weighted by Gasteiger charge is -2.21. The van der Waals surface area contributed by atoms with Gasteiger partial charge in [0.15, 0.2) is 0 Å². The highest BCUT2D eigenvalue weighted by molar-refractivity contribution is 5.94. The van der Waals surface area contributed by atoms with Gasteiger partial charge in [-0.25, -0.2) is 0 Å². The molecule has 0 aliphatic carbocycles. The minimum absolute atomic E-state index is 0.0277. The third-order valence-corrected chi connectivity index (χ3v) is 4.88. The molecule has 0 spiro atoms. The average molecular weight is 323 g/mol. The molecule has 4 N–H and O–H groups in total. The summed E-state index contributed by atoms with van der Waals surface area (Å²) in [5, 5.41) is 6.67. The van der Waals surface area contributed by atoms with Crippen LogP contribution < -0.4 is 21.1 Å². The number of hydrogen-bond acceptors (Lipinski definition) is 4. The second-order valence-corrected chi connectivity index (χ2v) is 6.53. The van der Waals surface area contributed by atoms with Gasteiger partial charge in [0.25, 0.3) is 5.91 Å². The van der Waals surface area contributed by atoms with E-state index in [0.29, 0.717) is 34.8 Å². The third kappa shape index (κ3) is 2.95. The van der Waals surface area contributed by atoms with E-state index in [0.717, 1.165) is 12.8 Å². The second kappa shape index (κ2) is 6.17. The molecule has 2 aromatic carbocycles. The van der Waals surface area contributed by atoms with Gasteiger partial charge in [0, 0.05) is 23.7 Å². The molecular weight excluding hydrogens is 302 g/mol. The lowest BCUT2D eigenvalue weighted by molar-refractivity contribution is 0.0931. The zero-order chi connectivity index (χ0) is 16.5. The summed E-state index contributed by atoms with van der Waals surface area (Å²) in [5.74, 6) is 1.24. The van der Waals surface area contributed by atoms with Crippen LogP contribution in [-0.4, -0.2) is 24.0 Å². The molecule has 2 fully saturated rings. The van der Waals surface area contributed by atoms with E-state index in [9.17, 15) is 4.79 Å². The maximum atomic E-state index is 12.4. The van der Waals surface area contributed by atoms with Crippen LogP contribution in [0.2, 0.25) is 0 Å². The van der Waals surface area contributed by atoms with Gasteiger partial charge in [-0.05, 0) is 55.7 Å². The van der Waals surface area contributed by atoms with Crippen molar-refractivity contribution in [3.05, 3.63) is 54.1 Å². The van der Waals surface area contributed by atoms with Crippen LogP contribution in [0.15, 0.2) is 48.5 Å². The Morgan fingerprint density at radius 2 is 1.92 bits per heavy atom. The molecule has 2 saturated heterocycles. The van der Waals surface area contributed by atoms with Gasteiger partial charge in [-0.2, -0.15) is 0 Å². The van der Waals surface area contributed by atoms with Crippen molar-refractivity contribution < 1.29 is 9.53 Å². The van der Waals surface area contributed by atoms with Gasteiger partial charge < -0.3 is 21.1 Å². The third-order valence-electron chi connectivity index (χ3n) is 4.88. The lowest BCUT2D eigenvalue weighted by atomic mass is 9.95. The molecule has 2 aromatic rings. The largest absolute Gasteiger partial charge is 0.455 e. The Balaban J connectivity index is 1.40. The van der Waals surface area contributed by atoms with Crippen LogP contribution in [0.1, 0.15) is 29.6 Å². The maximum Gasteiger partial charge on any atom is 0.251 e. The van der Waals surface area contributed by atoms with Crippen molar-refractivity contribution in [1.82, 2.24) is 10.6 Å². The molecule has 3 atom stereocenters. The fourth-order valence-corrected chi connectivity index (χ4v) is 3.61. The van der Waals surface area contributed by atoms with Gasteiger partial charge in [0.2, 0.25) is 0 Å². The zero-order valence-electron chi connectivity index (χ0n) is 13.4. The predicted molar refractivity (Wildman–Crippen MR) is 93.2 cm³/mol. The van der Waals surface area contributed by atoms with Gasteiger partial charge in [-0.15, -0.1) is 0 Å². The number of benzene rings is 2. The maximum absolute atomic E-state index is 12.4. The van der Waals surface area contributed by atoms with E-state index < -0.39 is 0 Å². The van der Waals surface area contributed by atoms with Crippen molar-refractivity contribution in [2.24, 2.45) is 0 Å². The van der Waals surface area contributed by atoms with Gasteiger partial charge in [-0.3, -0.25) is 4.79 Å². The number of carbonyl (C=O) groups excluding carboxylic acids is 1. The first kappa shape index (κ1) is 15.0. The predicted octanol–water partition coefficient (Wildman–Crippen LogP) is 2.68. The van der Waals surface area contributed by atoms with Crippen molar-refractivity contribution in [1.29, 1.82) is 0 Å². The summed E-state index contributed by atoms with van der Waals surface area (Å²) in [6.45, 7) is 0. The van der Waals surface area contributed by atoms with Crippen LogP contribution in [0.4, 0.5) is 5.69 Å². The van der Waals surface area contributed by atoms with Crippen molar-refractivity contribution in [3.8, 4) is 11.5 Å². The Bertz CT molecular complexity index is 745. The van der Waals surface area contributed by atoms with Crippen LogP contribution >= 0.6 is 0 Å². The summed E-state index contributed by atoms with van der Waals surface area (Å²) < 4.78 is 5.75. The molecule has 5 nitrogen and oxygen atoms in total. The zero-order valence-corrected chi connectivity index (χ0v) is 13.4. The number of nitrogens with one attached hydrogen (secondary N) is 2. The molecule has 2 aliphatic heterocycles. The summed E-state index contributed by atoms with van der Waals surface area (Å²) in [6, 6.07) is 15.7. The number of amides is 1. The minimum Gasteiger partial charge on any atom is -0.455 e. The number of nitrogen functional groups attached to an aromatic ring is 1. The lowest BCUT2D eigenvalue weighted by Crippen LogP contribution is -2.42. The fraction of sp³-hybridized carbons (Fsp3) is 0.316. The van der Waals surface area contributed by atoms with E-state index in [-0.39, 0.29) is 11.9 Å². The molecule has 124 valence electrons. The van der Waals surface area contributed by atoms with Crippen LogP contribution in [0.5, 0.6) is 11.5 Å². The van der Waals surface area contributed by atoms with Crippen LogP contribution in [0.25, 0.3) is 0 Å². The van der Waals surface area contributed by atoms with Gasteiger partial charge >= 0.3 is 0 Å². The molecule has 2 heterocycles. The van der Waals surface area contributed by atoms with E-state index in [1.54, 1.807) is 30.3 Å². The summed E-state index contributed by atoms with van der Waals surface area (Å²) in [5.41, 5.74) is 7.10. The average Bonchev–Trinajstić information content (AvgIpc) is 3.20. The molecule has 0 unspecified atom stereocenters. The van der Waals surface area contributed by atoms with E-state index >= 15 is 0 Å². The number of hydrogen-bond donors (Lipinski definition) is 3. The molecule has 0 aromatic heterocycles. The van der Waals surface area contributed by atoms with Gasteiger partial charge in [0.1, 0.15) is 11.5 Å². The summed E-state index contributed by atoms with van der Waals surface area (Å²) in [7, 11) is 0. The standard InChI is InChI=1S/C19H21N3O2/c20-15-3-1-2-4-18(15)24-14-8-5-12(6-9-14)19(23)22-17-11-13-7-10-16(17)21-13/h1-6,8-9,13,16-17,21H,7,10-11,20H2,(H,22,23)/t13-,16+,17-/m1/s1. The Hall–Kier alpha value is -2.53. The first-order valence-electron chi connectivity index (χ1n) is 8.38. The number of carbonyl (C=O) groups is 1. The van der Waals surface area contributed by atoms with Crippen molar-refractivity contribution in [2.75, 3.05) is 5.73 Å². The Morgan fingerprint density at radius 1 is 1.12 bits per heavy atom. The highest BCUT2D eigenvalue weighted by atomic mass is 16.5. The van der Waals surface area contributed by atoms with Crippen molar-refractivity contribution >= 4 is 11.6 Å². The first-order valence-corrected chi connectivity index (χ1v) is 8.38. The highest BCUT2D eigenvalue weighted by Crippen LogP contribution is 2.29. The number of nitrogens with two attached hydrogens (primary N) is 1. The van der Waals surface area contributed by atoms with Crippen molar-refractivity contribution in [3.63, 3.8) is 0 Å². The molecule has 0 saturated carbocycles. The van der Waals surface area contributed by atoms with Crippen LogP contribution in [0.3, 0.4) is 0 Å². The van der Waals surface area contributed by atoms with Gasteiger partial charge in [0.05, 0.1) is 5.69 Å². The monoisotopic (exact) mass is 323 g/mol. The van der Waals surface area contributed by atoms with Crippen LogP contribution in [-0.2, 0) is 0 Å². The van der Waals surface area contributed by atoms with Crippen LogP contribution in [0, 0.1) is 0 Å². The number of anilines is 1. The van der Waals surface area contributed by atoms with Gasteiger partial charge in [-0.1, -0.05) is 12.1 Å². The van der Waals surface area contributed by atoms with Crippen molar-refractivity contribution in [2.45, 2.75) is 37.4 Å². The van der Waals surface area contributed by atoms with E-state index in [4.69, 9.17) is 10.5 Å². The van der Waals surface area contributed by atoms with E-state index in [1.165, 1.54) is 6.42 Å². The molecule has 4 rings (SSSR count). The Labute approximate surface area is 141 Å². The Kier molecular flexibility index (Phi) is 3.86. The topological polar surface area (TPSA) is 76.4 Å². The SMILES string of the molecule is Nc1ccccc1Oc1ccc(C(=O)N[C@@H]2C[C@H]3CC[C@@H]2N3)cc1. The molecule has 24 heavy (non-hydrogen) atoms. The summed E-state index contributed by atoms with van der Waals surface area (Å²) in [4.78, 5) is 12.4. The molecular formula is C19H21N3O2. The number of ether oxygens (including phenoxy) is 1. The minimum atomic E-state index is -0.0277. The van der Waals surface area contributed by atoms with E-state index in [1.807, 2.05) is 18.2 Å². The normalized spacial score (nSPS) is 24.8. The Morgan fingerprint density at radius 3 is 2.58 bits per heavy atom. The fourth-order valence-electron chi connectivity index (χ4n) is 3.61. The molecule has 2 bridgehead atoms. The smallest absolute Gasteiger partial charge is 0.251 e.